The molecule has 2 amide bonds. The van der Waals surface area contributed by atoms with Crippen LogP contribution in [0.4, 0.5) is 9.39 Å². The molecule has 216 valence electrons. The van der Waals surface area contributed by atoms with Gasteiger partial charge in [-0.1, -0.05) is 17.7 Å². The van der Waals surface area contributed by atoms with E-state index in [4.69, 9.17) is 25.8 Å². The van der Waals surface area contributed by atoms with Crippen LogP contribution in [0.2, 0.25) is 5.02 Å². The third-order valence-electron chi connectivity index (χ3n) is 6.13. The summed E-state index contributed by atoms with van der Waals surface area (Å²) in [6.07, 6.45) is 4.76. The van der Waals surface area contributed by atoms with E-state index in [1.807, 2.05) is 0 Å². The molecule has 9 nitrogen and oxygen atoms in total. The van der Waals surface area contributed by atoms with Crippen molar-refractivity contribution in [3.8, 4) is 11.5 Å². The zero-order valence-corrected chi connectivity index (χ0v) is 25.3. The quantitative estimate of drug-likeness (QED) is 0.125. The Morgan fingerprint density at radius 3 is 2.68 bits per heavy atom. The summed E-state index contributed by atoms with van der Waals surface area (Å²) in [5.41, 5.74) is 4.06. The van der Waals surface area contributed by atoms with E-state index in [1.54, 1.807) is 25.1 Å². The number of amides is 2. The van der Waals surface area contributed by atoms with E-state index in [1.165, 1.54) is 36.8 Å². The van der Waals surface area contributed by atoms with Crippen LogP contribution >= 0.6 is 38.9 Å². The fourth-order valence-corrected chi connectivity index (χ4v) is 6.29. The number of ether oxygens (including phenoxy) is 3. The molecule has 0 bridgehead atoms. The number of fused-ring (bicyclic) bond motifs is 1. The van der Waals surface area contributed by atoms with Crippen molar-refractivity contribution < 1.29 is 33.0 Å². The molecule has 4 rings (SSSR count). The van der Waals surface area contributed by atoms with E-state index in [9.17, 15) is 18.8 Å². The Morgan fingerprint density at radius 2 is 1.95 bits per heavy atom. The Kier molecular flexibility index (Phi) is 10.4. The molecule has 0 saturated heterocycles. The number of benzene rings is 2. The van der Waals surface area contributed by atoms with E-state index in [0.717, 1.165) is 29.7 Å². The average Bonchev–Trinajstić information content (AvgIpc) is 3.31. The van der Waals surface area contributed by atoms with Crippen molar-refractivity contribution in [3.05, 3.63) is 72.8 Å². The van der Waals surface area contributed by atoms with Crippen LogP contribution in [-0.4, -0.2) is 37.7 Å². The van der Waals surface area contributed by atoms with Gasteiger partial charge in [-0.05, 0) is 83.9 Å². The molecular formula is C28H26BrClFN3O6S. The summed E-state index contributed by atoms with van der Waals surface area (Å²) in [5, 5.41) is 6.92. The van der Waals surface area contributed by atoms with E-state index >= 15 is 0 Å². The first kappa shape index (κ1) is 30.5. The highest BCUT2D eigenvalue weighted by Crippen LogP contribution is 2.39. The minimum atomic E-state index is -1.02. The molecule has 1 heterocycles. The predicted molar refractivity (Wildman–Crippen MR) is 158 cm³/mol. The molecule has 1 aliphatic rings. The first-order chi connectivity index (χ1) is 19.7. The van der Waals surface area contributed by atoms with E-state index in [-0.39, 0.29) is 22.2 Å². The lowest BCUT2D eigenvalue weighted by Crippen LogP contribution is -2.32. The Labute approximate surface area is 253 Å². The van der Waals surface area contributed by atoms with Gasteiger partial charge >= 0.3 is 17.8 Å². The van der Waals surface area contributed by atoms with Gasteiger partial charge in [0.25, 0.3) is 0 Å². The number of hydrogen-bond donors (Lipinski definition) is 2. The van der Waals surface area contributed by atoms with Crippen LogP contribution in [0, 0.1) is 5.82 Å². The molecule has 0 saturated carbocycles. The number of nitrogens with one attached hydrogen (secondary N) is 2. The van der Waals surface area contributed by atoms with Gasteiger partial charge in [0, 0.05) is 10.4 Å². The number of carbonyl (C=O) groups is 3. The second-order valence-electron chi connectivity index (χ2n) is 8.81. The van der Waals surface area contributed by atoms with Crippen molar-refractivity contribution in [2.24, 2.45) is 5.10 Å². The smallest absolute Gasteiger partial charge is 0.341 e. The molecule has 1 aliphatic carbocycles. The van der Waals surface area contributed by atoms with Crippen molar-refractivity contribution in [2.45, 2.75) is 39.2 Å². The SMILES string of the molecule is CCOc1cc(C=NNC(=O)C(=O)Nc2sc3c(c2C(=O)OC)CCCC3)cc(Br)c1OCc1c(F)cccc1Cl. The van der Waals surface area contributed by atoms with E-state index in [0.29, 0.717) is 40.1 Å². The number of esters is 1. The summed E-state index contributed by atoms with van der Waals surface area (Å²) in [7, 11) is 1.27. The van der Waals surface area contributed by atoms with Crippen LogP contribution in [0.25, 0.3) is 0 Å². The first-order valence-electron chi connectivity index (χ1n) is 12.6. The van der Waals surface area contributed by atoms with E-state index < -0.39 is 23.6 Å². The van der Waals surface area contributed by atoms with Crippen LogP contribution < -0.4 is 20.2 Å². The van der Waals surface area contributed by atoms with Gasteiger partial charge in [-0.15, -0.1) is 11.3 Å². The van der Waals surface area contributed by atoms with Gasteiger partial charge in [-0.3, -0.25) is 9.59 Å². The molecule has 2 N–H and O–H groups in total. The van der Waals surface area contributed by atoms with Crippen LogP contribution in [0.1, 0.15) is 51.7 Å². The number of thiophene rings is 1. The van der Waals surface area contributed by atoms with Gasteiger partial charge in [0.15, 0.2) is 11.5 Å². The molecule has 3 aromatic rings. The number of anilines is 1. The van der Waals surface area contributed by atoms with Gasteiger partial charge in [-0.2, -0.15) is 5.10 Å². The van der Waals surface area contributed by atoms with Crippen molar-refractivity contribution in [3.63, 3.8) is 0 Å². The Bertz CT molecular complexity index is 1490. The fraction of sp³-hybridized carbons (Fsp3) is 0.286. The number of carbonyl (C=O) groups excluding carboxylic acids is 3. The van der Waals surface area contributed by atoms with Crippen molar-refractivity contribution in [1.82, 2.24) is 5.43 Å². The standard InChI is InChI=1S/C28H26BrClFN3O6S/c1-3-39-21-12-15(11-18(29)24(21)40-14-17-19(30)8-6-9-20(17)31)13-32-34-26(36)25(35)33-27-23(28(37)38-2)16-7-4-5-10-22(16)41-27/h6,8-9,11-13H,3-5,7,10,14H2,1-2H3,(H,33,35)(H,34,36). The van der Waals surface area contributed by atoms with Crippen molar-refractivity contribution >= 4 is 67.9 Å². The number of methoxy groups -OCH3 is 1. The van der Waals surface area contributed by atoms with E-state index in [2.05, 4.69) is 31.8 Å². The number of hydrogen-bond acceptors (Lipinski definition) is 8. The van der Waals surface area contributed by atoms with Gasteiger partial charge in [-0.25, -0.2) is 14.6 Å². The molecule has 0 aliphatic heterocycles. The highest BCUT2D eigenvalue weighted by atomic mass is 79.9. The third-order valence-corrected chi connectivity index (χ3v) is 8.28. The summed E-state index contributed by atoms with van der Waals surface area (Å²) in [6.45, 7) is 1.98. The molecule has 41 heavy (non-hydrogen) atoms. The van der Waals surface area contributed by atoms with Gasteiger partial charge in [0.1, 0.15) is 17.4 Å². The zero-order valence-electron chi connectivity index (χ0n) is 22.1. The molecule has 0 atom stereocenters. The maximum Gasteiger partial charge on any atom is 0.341 e. The topological polar surface area (TPSA) is 115 Å². The number of hydrazone groups is 1. The van der Waals surface area contributed by atoms with Gasteiger partial charge in [0.2, 0.25) is 0 Å². The highest BCUT2D eigenvalue weighted by Gasteiger charge is 2.28. The summed E-state index contributed by atoms with van der Waals surface area (Å²) in [4.78, 5) is 38.4. The second-order valence-corrected chi connectivity index (χ2v) is 11.2. The minimum Gasteiger partial charge on any atom is -0.490 e. The fourth-order valence-electron chi connectivity index (χ4n) is 4.23. The zero-order chi connectivity index (χ0) is 29.5. The number of aryl methyl sites for hydroxylation is 1. The summed E-state index contributed by atoms with van der Waals surface area (Å²) in [6, 6.07) is 7.63. The Hall–Kier alpha value is -3.48. The molecule has 0 radical (unpaired) electrons. The molecule has 0 unspecified atom stereocenters. The van der Waals surface area contributed by atoms with Crippen molar-refractivity contribution in [2.75, 3.05) is 19.0 Å². The molecule has 0 fully saturated rings. The molecule has 0 spiro atoms. The monoisotopic (exact) mass is 665 g/mol. The van der Waals surface area contributed by atoms with Crippen LogP contribution in [-0.2, 0) is 33.8 Å². The number of rotatable bonds is 9. The van der Waals surface area contributed by atoms with Gasteiger partial charge in [0.05, 0.1) is 35.0 Å². The molecular weight excluding hydrogens is 641 g/mol. The van der Waals surface area contributed by atoms with Crippen LogP contribution in [0.3, 0.4) is 0 Å². The maximum atomic E-state index is 14.2. The van der Waals surface area contributed by atoms with Crippen molar-refractivity contribution in [1.29, 1.82) is 0 Å². The van der Waals surface area contributed by atoms with Crippen LogP contribution in [0.5, 0.6) is 11.5 Å². The minimum absolute atomic E-state index is 0.131. The molecule has 1 aromatic heterocycles. The number of nitrogens with zero attached hydrogens (tertiary/aromatic N) is 1. The summed E-state index contributed by atoms with van der Waals surface area (Å²) in [5.74, 6) is -2.37. The number of halogens is 3. The largest absolute Gasteiger partial charge is 0.490 e. The first-order valence-corrected chi connectivity index (χ1v) is 14.6. The molecule has 13 heteroatoms. The lowest BCUT2D eigenvalue weighted by atomic mass is 9.95. The maximum absolute atomic E-state index is 14.2. The average molecular weight is 667 g/mol. The predicted octanol–water partition coefficient (Wildman–Crippen LogP) is 6.04. The highest BCUT2D eigenvalue weighted by molar-refractivity contribution is 9.10. The second kappa shape index (κ2) is 13.9. The Morgan fingerprint density at radius 1 is 1.17 bits per heavy atom. The summed E-state index contributed by atoms with van der Waals surface area (Å²) < 4.78 is 31.1. The lowest BCUT2D eigenvalue weighted by molar-refractivity contribution is -0.136. The van der Waals surface area contributed by atoms with Crippen LogP contribution in [0.15, 0.2) is 39.9 Å². The normalized spacial score (nSPS) is 12.5. The Balaban J connectivity index is 1.44. The van der Waals surface area contributed by atoms with Gasteiger partial charge < -0.3 is 19.5 Å². The molecule has 2 aromatic carbocycles. The summed E-state index contributed by atoms with van der Waals surface area (Å²) >= 11 is 10.8. The lowest BCUT2D eigenvalue weighted by Gasteiger charge is -2.15. The third kappa shape index (κ3) is 7.24.